The minimum absolute atomic E-state index is 0.966. The molecule has 0 aliphatic rings. The molecule has 0 aromatic rings. The molecule has 128 valence electrons. The van der Waals surface area contributed by atoms with Gasteiger partial charge in [0.1, 0.15) is 0 Å². The van der Waals surface area contributed by atoms with E-state index in [0.29, 0.717) is 0 Å². The van der Waals surface area contributed by atoms with Crippen LogP contribution in [0, 0.1) is 11.8 Å². The van der Waals surface area contributed by atoms with Gasteiger partial charge in [0.2, 0.25) is 0 Å². The number of rotatable bonds is 16. The summed E-state index contributed by atoms with van der Waals surface area (Å²) in [6, 6.07) is 0. The van der Waals surface area contributed by atoms with Crippen LogP contribution in [0.3, 0.4) is 0 Å². The first kappa shape index (κ1) is 21.0. The van der Waals surface area contributed by atoms with Crippen molar-refractivity contribution in [2.75, 3.05) is 0 Å². The van der Waals surface area contributed by atoms with Gasteiger partial charge in [-0.1, -0.05) is 124 Å². The van der Waals surface area contributed by atoms with Crippen molar-refractivity contribution in [1.82, 2.24) is 0 Å². The molecule has 0 bridgehead atoms. The molecule has 0 saturated heterocycles. The van der Waals surface area contributed by atoms with Crippen LogP contribution in [0.1, 0.15) is 124 Å². The maximum absolute atomic E-state index is 2.44. The highest BCUT2D eigenvalue weighted by Crippen LogP contribution is 2.21. The average molecular weight is 297 g/mol. The lowest BCUT2D eigenvalue weighted by Gasteiger charge is -2.14. The minimum Gasteiger partial charge on any atom is -0.0654 e. The zero-order chi connectivity index (χ0) is 15.8. The zero-order valence-corrected chi connectivity index (χ0v) is 15.8. The Balaban J connectivity index is 3.33. The second-order valence-corrected chi connectivity index (χ2v) is 7.36. The van der Waals surface area contributed by atoms with Gasteiger partial charge in [0.15, 0.2) is 0 Å². The summed E-state index contributed by atoms with van der Waals surface area (Å²) in [5.74, 6) is 1.98. The van der Waals surface area contributed by atoms with Crippen LogP contribution in [0.25, 0.3) is 0 Å². The van der Waals surface area contributed by atoms with Crippen molar-refractivity contribution in [1.29, 1.82) is 0 Å². The highest BCUT2D eigenvalue weighted by Gasteiger charge is 2.05. The summed E-state index contributed by atoms with van der Waals surface area (Å²) in [6.45, 7) is 9.44. The molecule has 0 aliphatic heterocycles. The Morgan fingerprint density at radius 2 is 1.00 bits per heavy atom. The first-order chi connectivity index (χ1) is 10.2. The minimum atomic E-state index is 0.966. The number of hydrogen-bond acceptors (Lipinski definition) is 0. The van der Waals surface area contributed by atoms with Gasteiger partial charge in [-0.2, -0.15) is 0 Å². The van der Waals surface area contributed by atoms with Crippen molar-refractivity contribution in [3.05, 3.63) is 0 Å². The highest BCUT2D eigenvalue weighted by molar-refractivity contribution is 4.59. The van der Waals surface area contributed by atoms with E-state index < -0.39 is 0 Å². The summed E-state index contributed by atoms with van der Waals surface area (Å²) in [6.07, 6.45) is 21.7. The van der Waals surface area contributed by atoms with Crippen LogP contribution >= 0.6 is 0 Å². The van der Waals surface area contributed by atoms with Crippen LogP contribution in [-0.2, 0) is 0 Å². The molecule has 0 fully saturated rings. The largest absolute Gasteiger partial charge is 0.0654 e. The van der Waals surface area contributed by atoms with E-state index in [4.69, 9.17) is 0 Å². The van der Waals surface area contributed by atoms with E-state index >= 15 is 0 Å². The van der Waals surface area contributed by atoms with Gasteiger partial charge < -0.3 is 0 Å². The SMILES string of the molecule is CCCCCC(CC)CCCCCCCC(C)CCCC. The van der Waals surface area contributed by atoms with E-state index in [-0.39, 0.29) is 0 Å². The molecule has 0 saturated carbocycles. The lowest BCUT2D eigenvalue weighted by atomic mass is 9.92. The molecule has 0 rings (SSSR count). The summed E-state index contributed by atoms with van der Waals surface area (Å²) in [7, 11) is 0. The normalized spacial score (nSPS) is 14.3. The van der Waals surface area contributed by atoms with Gasteiger partial charge in [-0.05, 0) is 11.8 Å². The van der Waals surface area contributed by atoms with Crippen LogP contribution in [-0.4, -0.2) is 0 Å². The molecule has 0 spiro atoms. The third-order valence-corrected chi connectivity index (χ3v) is 5.15. The van der Waals surface area contributed by atoms with Crippen molar-refractivity contribution in [2.24, 2.45) is 11.8 Å². The summed E-state index contributed by atoms with van der Waals surface area (Å²) in [5, 5.41) is 0. The average Bonchev–Trinajstić information content (AvgIpc) is 2.50. The Kier molecular flexibility index (Phi) is 16.4. The van der Waals surface area contributed by atoms with E-state index in [0.717, 1.165) is 11.8 Å². The molecule has 0 aromatic heterocycles. The second-order valence-electron chi connectivity index (χ2n) is 7.36. The fourth-order valence-corrected chi connectivity index (χ4v) is 3.39. The van der Waals surface area contributed by atoms with Gasteiger partial charge in [0.05, 0.1) is 0 Å². The van der Waals surface area contributed by atoms with E-state index in [1.54, 1.807) is 0 Å². The summed E-state index contributed by atoms with van der Waals surface area (Å²) < 4.78 is 0. The molecule has 0 nitrogen and oxygen atoms in total. The van der Waals surface area contributed by atoms with Crippen LogP contribution in [0.15, 0.2) is 0 Å². The Morgan fingerprint density at radius 1 is 0.524 bits per heavy atom. The quantitative estimate of drug-likeness (QED) is 0.252. The second kappa shape index (κ2) is 16.4. The Morgan fingerprint density at radius 3 is 1.57 bits per heavy atom. The monoisotopic (exact) mass is 296 g/mol. The summed E-state index contributed by atoms with van der Waals surface area (Å²) in [4.78, 5) is 0. The molecular weight excluding hydrogens is 252 g/mol. The van der Waals surface area contributed by atoms with Gasteiger partial charge in [-0.3, -0.25) is 0 Å². The van der Waals surface area contributed by atoms with Crippen molar-refractivity contribution in [2.45, 2.75) is 124 Å². The molecule has 0 heteroatoms. The zero-order valence-electron chi connectivity index (χ0n) is 15.8. The van der Waals surface area contributed by atoms with Gasteiger partial charge in [-0.15, -0.1) is 0 Å². The van der Waals surface area contributed by atoms with E-state index in [2.05, 4.69) is 27.7 Å². The van der Waals surface area contributed by atoms with Crippen LogP contribution < -0.4 is 0 Å². The molecule has 0 N–H and O–H groups in total. The third kappa shape index (κ3) is 14.7. The van der Waals surface area contributed by atoms with Crippen molar-refractivity contribution in [3.8, 4) is 0 Å². The van der Waals surface area contributed by atoms with Gasteiger partial charge in [-0.25, -0.2) is 0 Å². The summed E-state index contributed by atoms with van der Waals surface area (Å²) in [5.41, 5.74) is 0. The van der Waals surface area contributed by atoms with E-state index in [1.807, 2.05) is 0 Å². The fraction of sp³-hybridized carbons (Fsp3) is 1.00. The van der Waals surface area contributed by atoms with Crippen molar-refractivity contribution >= 4 is 0 Å². The molecule has 2 unspecified atom stereocenters. The molecule has 0 radical (unpaired) electrons. The third-order valence-electron chi connectivity index (χ3n) is 5.15. The molecule has 0 amide bonds. The van der Waals surface area contributed by atoms with E-state index in [9.17, 15) is 0 Å². The molecule has 0 heterocycles. The topological polar surface area (TPSA) is 0 Å². The molecule has 0 aliphatic carbocycles. The van der Waals surface area contributed by atoms with Gasteiger partial charge >= 0.3 is 0 Å². The lowest BCUT2D eigenvalue weighted by Crippen LogP contribution is -1.99. The van der Waals surface area contributed by atoms with Crippen molar-refractivity contribution < 1.29 is 0 Å². The number of hydrogen-bond donors (Lipinski definition) is 0. The molecule has 2 atom stereocenters. The van der Waals surface area contributed by atoms with Gasteiger partial charge in [0, 0.05) is 0 Å². The Bertz CT molecular complexity index is 184. The Labute approximate surface area is 136 Å². The van der Waals surface area contributed by atoms with Crippen LogP contribution in [0.5, 0.6) is 0 Å². The predicted octanol–water partition coefficient (Wildman–Crippen LogP) is 8.15. The number of unbranched alkanes of at least 4 members (excludes halogenated alkanes) is 7. The lowest BCUT2D eigenvalue weighted by molar-refractivity contribution is 0.392. The smallest absolute Gasteiger partial charge is 0.0417 e. The first-order valence-corrected chi connectivity index (χ1v) is 10.2. The maximum atomic E-state index is 2.44. The molecular formula is C21H44. The molecule has 21 heavy (non-hydrogen) atoms. The highest BCUT2D eigenvalue weighted by atomic mass is 14.1. The van der Waals surface area contributed by atoms with Crippen LogP contribution in [0.2, 0.25) is 0 Å². The summed E-state index contributed by atoms with van der Waals surface area (Å²) >= 11 is 0. The maximum Gasteiger partial charge on any atom is -0.0417 e. The standard InChI is InChI=1S/C21H44/c1-5-8-13-18-21(7-3)19-15-12-10-11-14-17-20(4)16-9-6-2/h20-21H,5-19H2,1-4H3. The first-order valence-electron chi connectivity index (χ1n) is 10.2. The molecule has 0 aromatic carbocycles. The fourth-order valence-electron chi connectivity index (χ4n) is 3.39. The van der Waals surface area contributed by atoms with Crippen molar-refractivity contribution in [3.63, 3.8) is 0 Å². The Hall–Kier alpha value is 0. The van der Waals surface area contributed by atoms with E-state index in [1.165, 1.54) is 96.3 Å². The van der Waals surface area contributed by atoms with Crippen LogP contribution in [0.4, 0.5) is 0 Å². The van der Waals surface area contributed by atoms with Gasteiger partial charge in [0.25, 0.3) is 0 Å². The predicted molar refractivity (Wildman–Crippen MR) is 98.9 cm³/mol.